The highest BCUT2D eigenvalue weighted by Gasteiger charge is 2.18. The van der Waals surface area contributed by atoms with E-state index < -0.39 is 10.0 Å². The molecule has 0 aliphatic heterocycles. The van der Waals surface area contributed by atoms with Crippen molar-refractivity contribution in [2.24, 2.45) is 0 Å². The van der Waals surface area contributed by atoms with Crippen LogP contribution in [0.3, 0.4) is 0 Å². The molecule has 0 fully saturated rings. The van der Waals surface area contributed by atoms with Gasteiger partial charge < -0.3 is 10.5 Å². The quantitative estimate of drug-likeness (QED) is 0.851. The first-order valence-corrected chi connectivity index (χ1v) is 7.51. The van der Waals surface area contributed by atoms with E-state index in [9.17, 15) is 8.42 Å². The van der Waals surface area contributed by atoms with Gasteiger partial charge >= 0.3 is 0 Å². The van der Waals surface area contributed by atoms with Gasteiger partial charge in [0.2, 0.25) is 0 Å². The highest BCUT2D eigenvalue weighted by molar-refractivity contribution is 7.92. The van der Waals surface area contributed by atoms with Crippen LogP contribution in [0.4, 0.5) is 11.4 Å². The molecular formula is C13H13ClN2O3S. The Labute approximate surface area is 122 Å². The zero-order valence-corrected chi connectivity index (χ0v) is 12.2. The van der Waals surface area contributed by atoms with Crippen molar-refractivity contribution in [3.8, 4) is 5.75 Å². The van der Waals surface area contributed by atoms with Crippen molar-refractivity contribution in [2.45, 2.75) is 4.90 Å². The third-order valence-corrected chi connectivity index (χ3v) is 4.25. The number of benzene rings is 2. The van der Waals surface area contributed by atoms with Crippen LogP contribution in [-0.2, 0) is 10.0 Å². The molecule has 0 atom stereocenters. The molecule has 2 aromatic carbocycles. The summed E-state index contributed by atoms with van der Waals surface area (Å²) in [5.41, 5.74) is 6.18. The van der Waals surface area contributed by atoms with Gasteiger partial charge in [-0.15, -0.1) is 0 Å². The van der Waals surface area contributed by atoms with Crippen LogP contribution in [-0.4, -0.2) is 15.5 Å². The van der Waals surface area contributed by atoms with E-state index >= 15 is 0 Å². The van der Waals surface area contributed by atoms with E-state index in [4.69, 9.17) is 22.1 Å². The van der Waals surface area contributed by atoms with E-state index in [1.54, 1.807) is 18.2 Å². The lowest BCUT2D eigenvalue weighted by Crippen LogP contribution is -2.14. The molecule has 20 heavy (non-hydrogen) atoms. The van der Waals surface area contributed by atoms with Crippen molar-refractivity contribution in [3.63, 3.8) is 0 Å². The van der Waals surface area contributed by atoms with E-state index in [0.717, 1.165) is 0 Å². The normalized spacial score (nSPS) is 11.1. The van der Waals surface area contributed by atoms with E-state index in [0.29, 0.717) is 5.69 Å². The number of hydrogen-bond donors (Lipinski definition) is 2. The Morgan fingerprint density at radius 2 is 1.85 bits per heavy atom. The van der Waals surface area contributed by atoms with Gasteiger partial charge in [0.05, 0.1) is 17.0 Å². The average Bonchev–Trinajstić information content (AvgIpc) is 2.42. The van der Waals surface area contributed by atoms with Crippen LogP contribution in [0.5, 0.6) is 5.75 Å². The number of rotatable bonds is 4. The average molecular weight is 313 g/mol. The second-order valence-corrected chi connectivity index (χ2v) is 6.09. The number of ether oxygens (including phenoxy) is 1. The SMILES string of the molecule is COc1cc(N)cc(Cl)c1NS(=O)(=O)c1ccccc1. The molecule has 0 heterocycles. The predicted octanol–water partition coefficient (Wildman–Crippen LogP) is 2.73. The van der Waals surface area contributed by atoms with Crippen LogP contribution in [0.25, 0.3) is 0 Å². The highest BCUT2D eigenvalue weighted by Crippen LogP contribution is 2.36. The zero-order chi connectivity index (χ0) is 14.8. The molecule has 0 spiro atoms. The molecular weight excluding hydrogens is 300 g/mol. The molecule has 0 unspecified atom stereocenters. The minimum atomic E-state index is -3.74. The van der Waals surface area contributed by atoms with Crippen LogP contribution in [0.2, 0.25) is 5.02 Å². The molecule has 5 nitrogen and oxygen atoms in total. The Bertz CT molecular complexity index is 718. The maximum atomic E-state index is 12.3. The van der Waals surface area contributed by atoms with Gasteiger partial charge in [0.15, 0.2) is 0 Å². The van der Waals surface area contributed by atoms with Crippen molar-refractivity contribution in [1.82, 2.24) is 0 Å². The molecule has 0 amide bonds. The Kier molecular flexibility index (Phi) is 4.06. The second kappa shape index (κ2) is 5.60. The smallest absolute Gasteiger partial charge is 0.262 e. The van der Waals surface area contributed by atoms with Crippen molar-refractivity contribution in [3.05, 3.63) is 47.5 Å². The molecule has 0 saturated heterocycles. The van der Waals surface area contributed by atoms with Crippen molar-refractivity contribution < 1.29 is 13.2 Å². The first-order valence-electron chi connectivity index (χ1n) is 5.65. The van der Waals surface area contributed by atoms with Gasteiger partial charge in [-0.05, 0) is 18.2 Å². The third kappa shape index (κ3) is 2.97. The predicted molar refractivity (Wildman–Crippen MR) is 79.7 cm³/mol. The fraction of sp³-hybridized carbons (Fsp3) is 0.0769. The van der Waals surface area contributed by atoms with Gasteiger partial charge in [0.25, 0.3) is 10.0 Å². The number of nitrogens with two attached hydrogens (primary N) is 1. The number of sulfonamides is 1. The Morgan fingerprint density at radius 1 is 1.20 bits per heavy atom. The van der Waals surface area contributed by atoms with Gasteiger partial charge in [-0.1, -0.05) is 29.8 Å². The Balaban J connectivity index is 2.45. The lowest BCUT2D eigenvalue weighted by atomic mass is 10.2. The molecule has 106 valence electrons. The Morgan fingerprint density at radius 3 is 2.45 bits per heavy atom. The van der Waals surface area contributed by atoms with E-state index in [2.05, 4.69) is 4.72 Å². The van der Waals surface area contributed by atoms with E-state index in [1.165, 1.54) is 31.4 Å². The Hall–Kier alpha value is -1.92. The lowest BCUT2D eigenvalue weighted by Gasteiger charge is -2.14. The summed E-state index contributed by atoms with van der Waals surface area (Å²) in [6.45, 7) is 0. The minimum Gasteiger partial charge on any atom is -0.494 e. The van der Waals surface area contributed by atoms with Crippen molar-refractivity contribution in [1.29, 1.82) is 0 Å². The zero-order valence-electron chi connectivity index (χ0n) is 10.6. The summed E-state index contributed by atoms with van der Waals surface area (Å²) in [5, 5.41) is 0.168. The van der Waals surface area contributed by atoms with Gasteiger partial charge in [-0.2, -0.15) is 0 Å². The van der Waals surface area contributed by atoms with Crippen LogP contribution < -0.4 is 15.2 Å². The van der Waals surface area contributed by atoms with E-state index in [1.807, 2.05) is 0 Å². The van der Waals surface area contributed by atoms with Gasteiger partial charge in [0.1, 0.15) is 11.4 Å². The molecule has 7 heteroatoms. The van der Waals surface area contributed by atoms with Gasteiger partial charge in [-0.25, -0.2) is 8.42 Å². The summed E-state index contributed by atoms with van der Waals surface area (Å²) in [6.07, 6.45) is 0. The van der Waals surface area contributed by atoms with Crippen LogP contribution in [0.1, 0.15) is 0 Å². The molecule has 0 bridgehead atoms. The third-order valence-electron chi connectivity index (χ3n) is 2.59. The van der Waals surface area contributed by atoms with Crippen LogP contribution in [0, 0.1) is 0 Å². The minimum absolute atomic E-state index is 0.134. The second-order valence-electron chi connectivity index (χ2n) is 4.00. The standard InChI is InChI=1S/C13H13ClN2O3S/c1-19-12-8-9(15)7-11(14)13(12)16-20(17,18)10-5-3-2-4-6-10/h2-8,16H,15H2,1H3. The lowest BCUT2D eigenvalue weighted by molar-refractivity contribution is 0.417. The molecule has 3 N–H and O–H groups in total. The molecule has 2 rings (SSSR count). The summed E-state index contributed by atoms with van der Waals surface area (Å²) in [4.78, 5) is 0.134. The summed E-state index contributed by atoms with van der Waals surface area (Å²) in [7, 11) is -2.33. The largest absolute Gasteiger partial charge is 0.494 e. The van der Waals surface area contributed by atoms with Crippen molar-refractivity contribution in [2.75, 3.05) is 17.6 Å². The molecule has 0 saturated carbocycles. The van der Waals surface area contributed by atoms with Gasteiger partial charge in [-0.3, -0.25) is 4.72 Å². The maximum Gasteiger partial charge on any atom is 0.262 e. The topological polar surface area (TPSA) is 81.4 Å². The highest BCUT2D eigenvalue weighted by atomic mass is 35.5. The van der Waals surface area contributed by atoms with Crippen LogP contribution >= 0.6 is 11.6 Å². The summed E-state index contributed by atoms with van der Waals surface area (Å²) in [6, 6.07) is 10.9. The fourth-order valence-corrected chi connectivity index (χ4v) is 3.09. The monoisotopic (exact) mass is 312 g/mol. The first kappa shape index (κ1) is 14.5. The first-order chi connectivity index (χ1) is 9.44. The fourth-order valence-electron chi connectivity index (χ4n) is 1.65. The maximum absolute atomic E-state index is 12.3. The van der Waals surface area contributed by atoms with Crippen LogP contribution in [0.15, 0.2) is 47.4 Å². The number of hydrogen-bond acceptors (Lipinski definition) is 4. The molecule has 0 aliphatic carbocycles. The number of halogens is 1. The van der Waals surface area contributed by atoms with Crippen molar-refractivity contribution >= 4 is 33.0 Å². The molecule has 0 radical (unpaired) electrons. The van der Waals surface area contributed by atoms with E-state index in [-0.39, 0.29) is 21.4 Å². The number of nitrogen functional groups attached to an aromatic ring is 1. The summed E-state index contributed by atoms with van der Waals surface area (Å²) >= 11 is 6.02. The number of nitrogens with one attached hydrogen (secondary N) is 1. The molecule has 2 aromatic rings. The number of methoxy groups -OCH3 is 1. The summed E-state index contributed by atoms with van der Waals surface area (Å²) in [5.74, 6) is 0.259. The molecule has 0 aliphatic rings. The van der Waals surface area contributed by atoms with Gasteiger partial charge in [0, 0.05) is 11.8 Å². The summed E-state index contributed by atoms with van der Waals surface area (Å²) < 4.78 is 32.0. The molecule has 0 aromatic heterocycles. The number of anilines is 2.